The minimum atomic E-state index is -4.43. The van der Waals surface area contributed by atoms with Crippen molar-refractivity contribution in [2.75, 3.05) is 0 Å². The molecule has 2 rings (SSSR count). The number of nitrogens with zero attached hydrogens (tertiary/aromatic N) is 2. The fraction of sp³-hybridized carbons (Fsp3) is 0.111. The molecule has 0 radical (unpaired) electrons. The molecule has 2 aromatic rings. The highest BCUT2D eigenvalue weighted by Crippen LogP contribution is 2.30. The second-order valence-electron chi connectivity index (χ2n) is 4.95. The van der Waals surface area contributed by atoms with Crippen molar-refractivity contribution >= 4 is 17.7 Å². The summed E-state index contributed by atoms with van der Waals surface area (Å²) in [5.74, 6) is 0.296. The maximum Gasteiger partial charge on any atom is 0.416 e. The molecule has 0 aliphatic carbocycles. The van der Waals surface area contributed by atoms with Crippen molar-refractivity contribution in [1.82, 2.24) is 0 Å². The lowest BCUT2D eigenvalue weighted by molar-refractivity contribution is -0.137. The average Bonchev–Trinajstić information content (AvgIpc) is 2.58. The first-order chi connectivity index (χ1) is 11.8. The van der Waals surface area contributed by atoms with Crippen LogP contribution < -0.4 is 4.74 Å². The summed E-state index contributed by atoms with van der Waals surface area (Å²) >= 11 is 5.90. The molecule has 3 nitrogen and oxygen atoms in total. The Hall–Kier alpha value is -2.96. The van der Waals surface area contributed by atoms with E-state index < -0.39 is 11.7 Å². The fourth-order valence-electron chi connectivity index (χ4n) is 2.01. The van der Waals surface area contributed by atoms with Gasteiger partial charge < -0.3 is 4.74 Å². The third kappa shape index (κ3) is 5.00. The predicted octanol–water partition coefficient (Wildman–Crippen LogP) is 5.37. The molecule has 0 aromatic heterocycles. The van der Waals surface area contributed by atoms with Crippen LogP contribution >= 0.6 is 11.6 Å². The summed E-state index contributed by atoms with van der Waals surface area (Å²) in [6.45, 7) is -0.110. The lowest BCUT2D eigenvalue weighted by Crippen LogP contribution is -2.06. The Morgan fingerprint density at radius 3 is 2.48 bits per heavy atom. The van der Waals surface area contributed by atoms with Crippen LogP contribution in [0, 0.1) is 22.7 Å². The third-order valence-corrected chi connectivity index (χ3v) is 3.40. The zero-order chi connectivity index (χ0) is 18.4. The monoisotopic (exact) mass is 362 g/mol. The molecule has 0 aliphatic rings. The smallest absolute Gasteiger partial charge is 0.416 e. The Bertz CT molecular complexity index is 876. The molecule has 25 heavy (non-hydrogen) atoms. The molecule has 0 atom stereocenters. The number of allylic oxidation sites excluding steroid dienone is 1. The molecular formula is C18H10ClF3N2O. The van der Waals surface area contributed by atoms with Gasteiger partial charge in [-0.2, -0.15) is 23.7 Å². The number of nitriles is 2. The standard InChI is InChI=1S/C18H10ClF3N2O/c19-16-4-5-17(14(8-16)6-13(9-23)10-24)25-11-12-2-1-3-15(7-12)18(20,21)22/h1-8H,11H2. The molecular weight excluding hydrogens is 353 g/mol. The summed E-state index contributed by atoms with van der Waals surface area (Å²) in [6, 6.07) is 12.8. The summed E-state index contributed by atoms with van der Waals surface area (Å²) in [4.78, 5) is 0. The van der Waals surface area contributed by atoms with Gasteiger partial charge in [-0.25, -0.2) is 0 Å². The maximum absolute atomic E-state index is 12.7. The summed E-state index contributed by atoms with van der Waals surface area (Å²) in [5, 5.41) is 18.1. The number of halogens is 4. The Morgan fingerprint density at radius 2 is 1.84 bits per heavy atom. The lowest BCUT2D eigenvalue weighted by atomic mass is 10.1. The van der Waals surface area contributed by atoms with Gasteiger partial charge in [0.05, 0.1) is 5.56 Å². The Kier molecular flexibility index (Phi) is 5.69. The van der Waals surface area contributed by atoms with Crippen molar-refractivity contribution in [2.45, 2.75) is 12.8 Å². The zero-order valence-corrected chi connectivity index (χ0v) is 13.4. The van der Waals surface area contributed by atoms with Gasteiger partial charge in [0.2, 0.25) is 0 Å². The number of hydrogen-bond acceptors (Lipinski definition) is 3. The van der Waals surface area contributed by atoms with Gasteiger partial charge in [0.1, 0.15) is 30.1 Å². The predicted molar refractivity (Wildman–Crippen MR) is 86.4 cm³/mol. The van der Waals surface area contributed by atoms with Crippen LogP contribution in [-0.4, -0.2) is 0 Å². The zero-order valence-electron chi connectivity index (χ0n) is 12.6. The molecule has 0 aliphatic heterocycles. The van der Waals surface area contributed by atoms with Gasteiger partial charge in [0.25, 0.3) is 0 Å². The first kappa shape index (κ1) is 18.4. The van der Waals surface area contributed by atoms with Crippen LogP contribution in [0.3, 0.4) is 0 Å². The summed E-state index contributed by atoms with van der Waals surface area (Å²) in [7, 11) is 0. The molecule has 0 bridgehead atoms. The van der Waals surface area contributed by atoms with Gasteiger partial charge in [0.15, 0.2) is 0 Å². The van der Waals surface area contributed by atoms with E-state index in [1.54, 1.807) is 18.2 Å². The number of ether oxygens (including phenoxy) is 1. The van der Waals surface area contributed by atoms with E-state index in [-0.39, 0.29) is 12.2 Å². The van der Waals surface area contributed by atoms with Crippen molar-refractivity contribution in [3.05, 3.63) is 69.8 Å². The Balaban J connectivity index is 2.26. The Labute approximate surface area is 147 Å². The number of benzene rings is 2. The molecule has 0 N–H and O–H groups in total. The molecule has 2 aromatic carbocycles. The second kappa shape index (κ2) is 7.74. The van der Waals surface area contributed by atoms with Gasteiger partial charge in [-0.1, -0.05) is 23.7 Å². The summed E-state index contributed by atoms with van der Waals surface area (Å²) in [6.07, 6.45) is -3.13. The van der Waals surface area contributed by atoms with Crippen LogP contribution in [0.4, 0.5) is 13.2 Å². The molecule has 0 amide bonds. The van der Waals surface area contributed by atoms with E-state index in [2.05, 4.69) is 0 Å². The van der Waals surface area contributed by atoms with Crippen molar-refractivity contribution in [3.63, 3.8) is 0 Å². The normalized spacial score (nSPS) is 10.5. The van der Waals surface area contributed by atoms with Crippen LogP contribution in [0.5, 0.6) is 5.75 Å². The van der Waals surface area contributed by atoms with E-state index >= 15 is 0 Å². The average molecular weight is 363 g/mol. The van der Waals surface area contributed by atoms with Crippen LogP contribution in [-0.2, 0) is 12.8 Å². The minimum absolute atomic E-state index is 0.110. The summed E-state index contributed by atoms with van der Waals surface area (Å²) in [5.41, 5.74) is -0.190. The van der Waals surface area contributed by atoms with E-state index in [1.165, 1.54) is 30.3 Å². The summed E-state index contributed by atoms with van der Waals surface area (Å²) < 4.78 is 43.8. The topological polar surface area (TPSA) is 56.8 Å². The van der Waals surface area contributed by atoms with Crippen molar-refractivity contribution < 1.29 is 17.9 Å². The highest BCUT2D eigenvalue weighted by Gasteiger charge is 2.30. The SMILES string of the molecule is N#CC(C#N)=Cc1cc(Cl)ccc1OCc1cccc(C(F)(F)F)c1. The molecule has 126 valence electrons. The van der Waals surface area contributed by atoms with E-state index in [1.807, 2.05) is 0 Å². The molecule has 0 fully saturated rings. The van der Waals surface area contributed by atoms with Gasteiger partial charge >= 0.3 is 6.18 Å². The van der Waals surface area contributed by atoms with Gasteiger partial charge in [-0.3, -0.25) is 0 Å². The highest BCUT2D eigenvalue weighted by atomic mass is 35.5. The molecule has 0 saturated carbocycles. The number of rotatable bonds is 4. The van der Waals surface area contributed by atoms with Crippen LogP contribution in [0.25, 0.3) is 6.08 Å². The maximum atomic E-state index is 12.7. The van der Waals surface area contributed by atoms with Crippen molar-refractivity contribution in [1.29, 1.82) is 10.5 Å². The van der Waals surface area contributed by atoms with E-state index in [0.717, 1.165) is 12.1 Å². The Morgan fingerprint density at radius 1 is 1.12 bits per heavy atom. The second-order valence-corrected chi connectivity index (χ2v) is 5.39. The molecule has 0 heterocycles. The van der Waals surface area contributed by atoms with Crippen LogP contribution in [0.2, 0.25) is 5.02 Å². The van der Waals surface area contributed by atoms with E-state index in [0.29, 0.717) is 21.9 Å². The number of hydrogen-bond donors (Lipinski definition) is 0. The highest BCUT2D eigenvalue weighted by molar-refractivity contribution is 6.30. The molecule has 7 heteroatoms. The van der Waals surface area contributed by atoms with Crippen molar-refractivity contribution in [2.24, 2.45) is 0 Å². The van der Waals surface area contributed by atoms with Crippen LogP contribution in [0.1, 0.15) is 16.7 Å². The molecule has 0 saturated heterocycles. The minimum Gasteiger partial charge on any atom is -0.488 e. The van der Waals surface area contributed by atoms with Gasteiger partial charge in [-0.05, 0) is 42.0 Å². The largest absolute Gasteiger partial charge is 0.488 e. The van der Waals surface area contributed by atoms with Crippen LogP contribution in [0.15, 0.2) is 48.0 Å². The van der Waals surface area contributed by atoms with E-state index in [4.69, 9.17) is 26.9 Å². The molecule has 0 unspecified atom stereocenters. The third-order valence-electron chi connectivity index (χ3n) is 3.16. The van der Waals surface area contributed by atoms with Gasteiger partial charge in [0, 0.05) is 10.6 Å². The first-order valence-electron chi connectivity index (χ1n) is 6.94. The quantitative estimate of drug-likeness (QED) is 0.687. The first-order valence-corrected chi connectivity index (χ1v) is 7.31. The molecule has 0 spiro atoms. The number of alkyl halides is 3. The lowest BCUT2D eigenvalue weighted by Gasteiger charge is -2.12. The van der Waals surface area contributed by atoms with Gasteiger partial charge in [-0.15, -0.1) is 0 Å². The van der Waals surface area contributed by atoms with E-state index in [9.17, 15) is 13.2 Å². The van der Waals surface area contributed by atoms with Crippen molar-refractivity contribution in [3.8, 4) is 17.9 Å². The fourth-order valence-corrected chi connectivity index (χ4v) is 2.19.